The molecule has 0 saturated carbocycles. The third-order valence-electron chi connectivity index (χ3n) is 2.47. The van der Waals surface area contributed by atoms with Crippen molar-refractivity contribution in [3.05, 3.63) is 27.8 Å². The predicted octanol–water partition coefficient (Wildman–Crippen LogP) is 2.34. The summed E-state index contributed by atoms with van der Waals surface area (Å²) in [6, 6.07) is 1.74. The largest absolute Gasteiger partial charge is 0.493 e. The molecule has 0 radical (unpaired) electrons. The molecule has 1 N–H and O–H groups in total. The van der Waals surface area contributed by atoms with Crippen molar-refractivity contribution in [1.82, 2.24) is 5.32 Å². The number of amides is 1. The van der Waals surface area contributed by atoms with Crippen molar-refractivity contribution in [2.75, 3.05) is 13.7 Å². The van der Waals surface area contributed by atoms with E-state index in [1.54, 1.807) is 0 Å². The Morgan fingerprint density at radius 2 is 2.10 bits per heavy atom. The molecule has 0 aliphatic carbocycles. The third kappa shape index (κ3) is 4.26. The standard InChI is InChI=1S/C12H14F2N2O5/c1-3-4-15-11(17)7-5-9(20-2)10(21-12(13)14)6-8(7)16(18)19/h5-6,12H,3-4H2,1-2H3,(H,15,17). The van der Waals surface area contributed by atoms with Crippen LogP contribution in [0.2, 0.25) is 0 Å². The van der Waals surface area contributed by atoms with Gasteiger partial charge in [-0.3, -0.25) is 14.9 Å². The lowest BCUT2D eigenvalue weighted by Gasteiger charge is -2.12. The van der Waals surface area contributed by atoms with Gasteiger partial charge in [-0.1, -0.05) is 6.92 Å². The number of hydrogen-bond donors (Lipinski definition) is 1. The average molecular weight is 304 g/mol. The number of hydrogen-bond acceptors (Lipinski definition) is 5. The van der Waals surface area contributed by atoms with E-state index in [0.717, 1.165) is 12.1 Å². The molecule has 116 valence electrons. The average Bonchev–Trinajstić information content (AvgIpc) is 2.43. The fourth-order valence-corrected chi connectivity index (χ4v) is 1.56. The summed E-state index contributed by atoms with van der Waals surface area (Å²) in [6.45, 7) is -1.03. The second kappa shape index (κ2) is 7.36. The lowest BCUT2D eigenvalue weighted by atomic mass is 10.1. The maximum atomic E-state index is 12.3. The number of nitro groups is 1. The second-order valence-corrected chi connectivity index (χ2v) is 3.91. The number of halogens is 2. The first-order valence-electron chi connectivity index (χ1n) is 6.00. The van der Waals surface area contributed by atoms with E-state index in [-0.39, 0.29) is 11.3 Å². The Kier molecular flexibility index (Phi) is 5.82. The van der Waals surface area contributed by atoms with Crippen molar-refractivity contribution in [1.29, 1.82) is 0 Å². The summed E-state index contributed by atoms with van der Waals surface area (Å²) in [6.07, 6.45) is 0.642. The maximum Gasteiger partial charge on any atom is 0.387 e. The van der Waals surface area contributed by atoms with Gasteiger partial charge < -0.3 is 14.8 Å². The minimum atomic E-state index is -3.17. The highest BCUT2D eigenvalue weighted by Gasteiger charge is 2.25. The van der Waals surface area contributed by atoms with Crippen molar-refractivity contribution in [2.24, 2.45) is 0 Å². The molecule has 0 aliphatic rings. The van der Waals surface area contributed by atoms with Gasteiger partial charge in [-0.05, 0) is 6.42 Å². The predicted molar refractivity (Wildman–Crippen MR) is 68.9 cm³/mol. The van der Waals surface area contributed by atoms with Crippen molar-refractivity contribution in [3.63, 3.8) is 0 Å². The number of nitrogens with one attached hydrogen (secondary N) is 1. The molecule has 0 unspecified atom stereocenters. The Labute approximate surface area is 119 Å². The number of alkyl halides is 2. The molecule has 0 bridgehead atoms. The van der Waals surface area contributed by atoms with E-state index >= 15 is 0 Å². The van der Waals surface area contributed by atoms with Crippen LogP contribution >= 0.6 is 0 Å². The van der Waals surface area contributed by atoms with Gasteiger partial charge in [0.05, 0.1) is 18.1 Å². The van der Waals surface area contributed by atoms with Gasteiger partial charge in [0, 0.05) is 12.6 Å². The molecule has 0 atom stereocenters. The summed E-state index contributed by atoms with van der Waals surface area (Å²) in [4.78, 5) is 22.0. The Morgan fingerprint density at radius 3 is 2.57 bits per heavy atom. The number of carbonyl (C=O) groups is 1. The zero-order valence-corrected chi connectivity index (χ0v) is 11.4. The van der Waals surface area contributed by atoms with Crippen LogP contribution in [0.15, 0.2) is 12.1 Å². The van der Waals surface area contributed by atoms with Crippen molar-refractivity contribution < 1.29 is 28.0 Å². The molecule has 0 aliphatic heterocycles. The molecular weight excluding hydrogens is 290 g/mol. The van der Waals surface area contributed by atoms with E-state index in [1.807, 2.05) is 6.92 Å². The molecule has 0 saturated heterocycles. The summed E-state index contributed by atoms with van der Waals surface area (Å²) < 4.78 is 33.5. The number of nitrogens with zero attached hydrogens (tertiary/aromatic N) is 1. The van der Waals surface area contributed by atoms with Crippen LogP contribution in [0.4, 0.5) is 14.5 Å². The molecule has 0 fully saturated rings. The summed E-state index contributed by atoms with van der Waals surface area (Å²) in [5.74, 6) is -1.39. The van der Waals surface area contributed by atoms with E-state index in [9.17, 15) is 23.7 Å². The molecule has 21 heavy (non-hydrogen) atoms. The van der Waals surface area contributed by atoms with E-state index in [0.29, 0.717) is 13.0 Å². The van der Waals surface area contributed by atoms with Gasteiger partial charge in [0.1, 0.15) is 5.56 Å². The molecule has 0 spiro atoms. The zero-order chi connectivity index (χ0) is 16.0. The lowest BCUT2D eigenvalue weighted by Crippen LogP contribution is -2.25. The number of ether oxygens (including phenoxy) is 2. The van der Waals surface area contributed by atoms with Crippen molar-refractivity contribution >= 4 is 11.6 Å². The van der Waals surface area contributed by atoms with Gasteiger partial charge in [-0.2, -0.15) is 8.78 Å². The lowest BCUT2D eigenvalue weighted by molar-refractivity contribution is -0.385. The topological polar surface area (TPSA) is 90.7 Å². The molecule has 9 heteroatoms. The minimum Gasteiger partial charge on any atom is -0.493 e. The first-order valence-corrected chi connectivity index (χ1v) is 6.00. The molecule has 7 nitrogen and oxygen atoms in total. The fourth-order valence-electron chi connectivity index (χ4n) is 1.56. The number of carbonyl (C=O) groups excluding carboxylic acids is 1. The van der Waals surface area contributed by atoms with E-state index in [1.165, 1.54) is 7.11 Å². The highest BCUT2D eigenvalue weighted by Crippen LogP contribution is 2.35. The number of benzene rings is 1. The highest BCUT2D eigenvalue weighted by atomic mass is 19.3. The van der Waals surface area contributed by atoms with Crippen LogP contribution in [-0.2, 0) is 0 Å². The Morgan fingerprint density at radius 1 is 1.43 bits per heavy atom. The van der Waals surface area contributed by atoms with Gasteiger partial charge in [-0.15, -0.1) is 0 Å². The van der Waals surface area contributed by atoms with Crippen molar-refractivity contribution in [2.45, 2.75) is 20.0 Å². The van der Waals surface area contributed by atoms with Crippen LogP contribution in [0.3, 0.4) is 0 Å². The summed E-state index contributed by atoms with van der Waals surface area (Å²) in [5.41, 5.74) is -0.924. The third-order valence-corrected chi connectivity index (χ3v) is 2.47. The monoisotopic (exact) mass is 304 g/mol. The Bertz CT molecular complexity index is 537. The molecular formula is C12H14F2N2O5. The Hall–Kier alpha value is -2.45. The number of nitro benzene ring substituents is 1. The van der Waals surface area contributed by atoms with Crippen LogP contribution in [0.5, 0.6) is 11.5 Å². The van der Waals surface area contributed by atoms with Gasteiger partial charge in [0.2, 0.25) is 0 Å². The normalized spacial score (nSPS) is 10.3. The van der Waals surface area contributed by atoms with E-state index in [2.05, 4.69) is 10.1 Å². The molecule has 1 amide bonds. The number of methoxy groups -OCH3 is 1. The first kappa shape index (κ1) is 16.6. The summed E-state index contributed by atoms with van der Waals surface area (Å²) in [5, 5.41) is 13.4. The Balaban J connectivity index is 3.29. The first-order chi connectivity index (χ1) is 9.90. The van der Waals surface area contributed by atoms with Gasteiger partial charge in [0.25, 0.3) is 11.6 Å². The van der Waals surface area contributed by atoms with E-state index in [4.69, 9.17) is 4.74 Å². The van der Waals surface area contributed by atoms with Gasteiger partial charge >= 0.3 is 6.61 Å². The van der Waals surface area contributed by atoms with Gasteiger partial charge in [-0.25, -0.2) is 0 Å². The highest BCUT2D eigenvalue weighted by molar-refractivity contribution is 5.99. The molecule has 1 rings (SSSR count). The molecule has 1 aromatic rings. The number of rotatable bonds is 7. The minimum absolute atomic E-state index is 0.192. The van der Waals surface area contributed by atoms with E-state index < -0.39 is 28.9 Å². The van der Waals surface area contributed by atoms with Crippen LogP contribution in [-0.4, -0.2) is 31.1 Å². The van der Waals surface area contributed by atoms with Crippen LogP contribution in [0.25, 0.3) is 0 Å². The summed E-state index contributed by atoms with van der Waals surface area (Å²) in [7, 11) is 1.17. The quantitative estimate of drug-likeness (QED) is 0.616. The maximum absolute atomic E-state index is 12.3. The van der Waals surface area contributed by atoms with Crippen molar-refractivity contribution in [3.8, 4) is 11.5 Å². The smallest absolute Gasteiger partial charge is 0.387 e. The zero-order valence-electron chi connectivity index (χ0n) is 11.4. The van der Waals surface area contributed by atoms with Crippen LogP contribution in [0.1, 0.15) is 23.7 Å². The van der Waals surface area contributed by atoms with Gasteiger partial charge in [0.15, 0.2) is 11.5 Å². The summed E-state index contributed by atoms with van der Waals surface area (Å²) >= 11 is 0. The SMILES string of the molecule is CCCNC(=O)c1cc(OC)c(OC(F)F)cc1[N+](=O)[O-]. The second-order valence-electron chi connectivity index (χ2n) is 3.91. The van der Waals surface area contributed by atoms with Crippen LogP contribution in [0, 0.1) is 10.1 Å². The fraction of sp³-hybridized carbons (Fsp3) is 0.417. The molecule has 0 aromatic heterocycles. The molecule has 1 aromatic carbocycles. The molecule has 0 heterocycles. The van der Waals surface area contributed by atoms with Crippen LogP contribution < -0.4 is 14.8 Å².